The summed E-state index contributed by atoms with van der Waals surface area (Å²) >= 11 is 1.12. The molecule has 1 aromatic heterocycles. The van der Waals surface area contributed by atoms with Crippen molar-refractivity contribution >= 4 is 28.6 Å². The number of para-hydroxylation sites is 2. The summed E-state index contributed by atoms with van der Waals surface area (Å²) < 4.78 is 15.8. The maximum atomic E-state index is 14.6. The van der Waals surface area contributed by atoms with Gasteiger partial charge in [-0.25, -0.2) is 9.37 Å². The average Bonchev–Trinajstić information content (AvgIpc) is 2.83. The van der Waals surface area contributed by atoms with Crippen molar-refractivity contribution < 1.29 is 9.18 Å². The van der Waals surface area contributed by atoms with Gasteiger partial charge in [0.25, 0.3) is 5.56 Å². The van der Waals surface area contributed by atoms with E-state index in [1.54, 1.807) is 36.4 Å². The highest BCUT2D eigenvalue weighted by Gasteiger charge is 2.17. The Morgan fingerprint density at radius 3 is 2.52 bits per heavy atom. The van der Waals surface area contributed by atoms with Gasteiger partial charge in [0, 0.05) is 6.04 Å². The van der Waals surface area contributed by atoms with E-state index in [1.165, 1.54) is 22.3 Å². The standard InChI is InChI=1S/C26H24FN3O2S/c1-18(15-16-19-9-3-2-4-10-19)28-24(31)17-33-26-29-22-13-7-5-11-20(22)25(32)30(26)23-14-8-6-12-21(23)27/h2-14,18H,15-17H2,1H3,(H,28,31). The smallest absolute Gasteiger partial charge is 0.266 e. The first-order valence-corrected chi connectivity index (χ1v) is 11.7. The van der Waals surface area contributed by atoms with Crippen molar-refractivity contribution in [3.8, 4) is 5.69 Å². The fraction of sp³-hybridized carbons (Fsp3) is 0.192. The van der Waals surface area contributed by atoms with E-state index in [2.05, 4.69) is 22.4 Å². The second-order valence-corrected chi connectivity index (χ2v) is 8.73. The van der Waals surface area contributed by atoms with Gasteiger partial charge >= 0.3 is 0 Å². The molecule has 0 saturated heterocycles. The van der Waals surface area contributed by atoms with Crippen molar-refractivity contribution in [3.05, 3.63) is 101 Å². The molecule has 1 atom stereocenters. The molecule has 1 N–H and O–H groups in total. The number of amides is 1. The van der Waals surface area contributed by atoms with E-state index < -0.39 is 5.82 Å². The van der Waals surface area contributed by atoms with Crippen molar-refractivity contribution in [1.82, 2.24) is 14.9 Å². The zero-order chi connectivity index (χ0) is 23.2. The van der Waals surface area contributed by atoms with Crippen LogP contribution in [0.4, 0.5) is 4.39 Å². The lowest BCUT2D eigenvalue weighted by Gasteiger charge is -2.16. The highest BCUT2D eigenvalue weighted by molar-refractivity contribution is 7.99. The van der Waals surface area contributed by atoms with Crippen molar-refractivity contribution in [3.63, 3.8) is 0 Å². The second-order valence-electron chi connectivity index (χ2n) is 7.79. The molecule has 0 bridgehead atoms. The van der Waals surface area contributed by atoms with Gasteiger partial charge in [0.05, 0.1) is 22.3 Å². The molecule has 0 aliphatic heterocycles. The normalized spacial score (nSPS) is 11.9. The Bertz CT molecular complexity index is 1320. The first-order valence-electron chi connectivity index (χ1n) is 10.8. The molecule has 0 aliphatic carbocycles. The van der Waals surface area contributed by atoms with Crippen LogP contribution in [-0.2, 0) is 11.2 Å². The number of nitrogens with one attached hydrogen (secondary N) is 1. The van der Waals surface area contributed by atoms with Gasteiger partial charge in [-0.05, 0) is 49.6 Å². The van der Waals surface area contributed by atoms with Crippen LogP contribution in [0.1, 0.15) is 18.9 Å². The Kier molecular flexibility index (Phi) is 7.19. The minimum Gasteiger partial charge on any atom is -0.353 e. The van der Waals surface area contributed by atoms with Crippen LogP contribution in [0.15, 0.2) is 88.8 Å². The Balaban J connectivity index is 1.51. The maximum Gasteiger partial charge on any atom is 0.266 e. The van der Waals surface area contributed by atoms with E-state index >= 15 is 0 Å². The van der Waals surface area contributed by atoms with Crippen LogP contribution in [0.25, 0.3) is 16.6 Å². The summed E-state index contributed by atoms with van der Waals surface area (Å²) in [6, 6.07) is 23.1. The van der Waals surface area contributed by atoms with Gasteiger partial charge in [0.2, 0.25) is 5.91 Å². The third-order valence-electron chi connectivity index (χ3n) is 5.29. The number of halogens is 1. The third-order valence-corrected chi connectivity index (χ3v) is 6.23. The van der Waals surface area contributed by atoms with Crippen molar-refractivity contribution in [2.45, 2.75) is 31.0 Å². The Hall–Kier alpha value is -3.45. The largest absolute Gasteiger partial charge is 0.353 e. The summed E-state index contributed by atoms with van der Waals surface area (Å²) in [5.74, 6) is -0.630. The molecule has 0 aliphatic rings. The lowest BCUT2D eigenvalue weighted by Crippen LogP contribution is -2.34. The number of benzene rings is 3. The van der Waals surface area contributed by atoms with Crippen LogP contribution in [0.3, 0.4) is 0 Å². The summed E-state index contributed by atoms with van der Waals surface area (Å²) in [6.45, 7) is 1.97. The summed E-state index contributed by atoms with van der Waals surface area (Å²) in [4.78, 5) is 30.3. The zero-order valence-corrected chi connectivity index (χ0v) is 19.0. The SMILES string of the molecule is CC(CCc1ccccc1)NC(=O)CSc1nc2ccccc2c(=O)n1-c1ccccc1F. The number of carbonyl (C=O) groups is 1. The van der Waals surface area contributed by atoms with Crippen LogP contribution in [0.2, 0.25) is 0 Å². The Morgan fingerprint density at radius 1 is 1.03 bits per heavy atom. The van der Waals surface area contributed by atoms with Crippen LogP contribution in [-0.4, -0.2) is 27.3 Å². The molecule has 1 unspecified atom stereocenters. The van der Waals surface area contributed by atoms with E-state index in [0.717, 1.165) is 24.6 Å². The van der Waals surface area contributed by atoms with Crippen molar-refractivity contribution in [2.24, 2.45) is 0 Å². The van der Waals surface area contributed by atoms with Gasteiger partial charge in [-0.3, -0.25) is 14.2 Å². The lowest BCUT2D eigenvalue weighted by molar-refractivity contribution is -0.119. The maximum absolute atomic E-state index is 14.6. The molecule has 7 heteroatoms. The highest BCUT2D eigenvalue weighted by atomic mass is 32.2. The minimum absolute atomic E-state index is 0.00312. The summed E-state index contributed by atoms with van der Waals surface area (Å²) in [6.07, 6.45) is 1.68. The fourth-order valence-electron chi connectivity index (χ4n) is 3.60. The highest BCUT2D eigenvalue weighted by Crippen LogP contribution is 2.22. The summed E-state index contributed by atoms with van der Waals surface area (Å²) in [5, 5.41) is 3.66. The summed E-state index contributed by atoms with van der Waals surface area (Å²) in [7, 11) is 0. The number of hydrogen-bond acceptors (Lipinski definition) is 4. The van der Waals surface area contributed by atoms with Crippen LogP contribution in [0.5, 0.6) is 0 Å². The average molecular weight is 462 g/mol. The predicted molar refractivity (Wildman–Crippen MR) is 130 cm³/mol. The van der Waals surface area contributed by atoms with Crippen molar-refractivity contribution in [2.75, 3.05) is 5.75 Å². The molecule has 1 amide bonds. The van der Waals surface area contributed by atoms with Gasteiger partial charge in [0.1, 0.15) is 5.82 Å². The first kappa shape index (κ1) is 22.7. The number of carbonyl (C=O) groups excluding carboxylic acids is 1. The molecule has 4 aromatic rings. The minimum atomic E-state index is -0.530. The van der Waals surface area contributed by atoms with Gasteiger partial charge in [-0.15, -0.1) is 0 Å². The van der Waals surface area contributed by atoms with Crippen LogP contribution < -0.4 is 10.9 Å². The number of nitrogens with zero attached hydrogens (tertiary/aromatic N) is 2. The molecule has 5 nitrogen and oxygen atoms in total. The van der Waals surface area contributed by atoms with Crippen LogP contribution >= 0.6 is 11.8 Å². The molecular weight excluding hydrogens is 437 g/mol. The number of fused-ring (bicyclic) bond motifs is 1. The van der Waals surface area contributed by atoms with E-state index in [4.69, 9.17) is 0 Å². The fourth-order valence-corrected chi connectivity index (χ4v) is 4.42. The molecule has 4 rings (SSSR count). The van der Waals surface area contributed by atoms with Crippen LogP contribution in [0, 0.1) is 5.82 Å². The monoisotopic (exact) mass is 461 g/mol. The first-order chi connectivity index (χ1) is 16.0. The topological polar surface area (TPSA) is 64.0 Å². The molecule has 0 fully saturated rings. The van der Waals surface area contributed by atoms with Gasteiger partial charge < -0.3 is 5.32 Å². The molecule has 168 valence electrons. The van der Waals surface area contributed by atoms with Gasteiger partial charge in [-0.1, -0.05) is 66.4 Å². The number of rotatable bonds is 8. The molecule has 33 heavy (non-hydrogen) atoms. The number of thioether (sulfide) groups is 1. The van der Waals surface area contributed by atoms with E-state index in [-0.39, 0.29) is 34.1 Å². The molecule has 0 spiro atoms. The lowest BCUT2D eigenvalue weighted by atomic mass is 10.1. The number of aryl methyl sites for hydroxylation is 1. The van der Waals surface area contributed by atoms with Crippen molar-refractivity contribution in [1.29, 1.82) is 0 Å². The van der Waals surface area contributed by atoms with E-state index in [0.29, 0.717) is 10.9 Å². The molecule has 0 saturated carbocycles. The third kappa shape index (κ3) is 5.49. The zero-order valence-electron chi connectivity index (χ0n) is 18.2. The van der Waals surface area contributed by atoms with E-state index in [1.807, 2.05) is 25.1 Å². The molecule has 1 heterocycles. The Labute approximate surface area is 195 Å². The number of hydrogen-bond donors (Lipinski definition) is 1. The summed E-state index contributed by atoms with van der Waals surface area (Å²) in [5.41, 5.74) is 1.47. The molecule has 0 radical (unpaired) electrons. The molecule has 3 aromatic carbocycles. The quantitative estimate of drug-likeness (QED) is 0.304. The second kappa shape index (κ2) is 10.4. The number of aromatic nitrogens is 2. The van der Waals surface area contributed by atoms with E-state index in [9.17, 15) is 14.0 Å². The van der Waals surface area contributed by atoms with Gasteiger partial charge in [0.15, 0.2) is 5.16 Å². The van der Waals surface area contributed by atoms with Gasteiger partial charge in [-0.2, -0.15) is 0 Å². The predicted octanol–water partition coefficient (Wildman–Crippen LogP) is 4.75. The Morgan fingerprint density at radius 2 is 1.73 bits per heavy atom. The molecular formula is C26H24FN3O2S.